The molecule has 7 N–H and O–H groups in total. The molecule has 0 radical (unpaired) electrons. The van der Waals surface area contributed by atoms with Crippen LogP contribution in [-0.4, -0.2) is 113 Å². The molecular formula is C68H78N4O12S3. The van der Waals surface area contributed by atoms with E-state index in [1.807, 2.05) is 188 Å². The lowest BCUT2D eigenvalue weighted by molar-refractivity contribution is -0.143. The summed E-state index contributed by atoms with van der Waals surface area (Å²) < 4.78 is 19.0. The largest absolute Gasteiger partial charge is 0.495 e. The number of esters is 1. The van der Waals surface area contributed by atoms with Gasteiger partial charge in [-0.25, -0.2) is 24.0 Å². The smallest absolute Gasteiger partial charge is 0.408 e. The van der Waals surface area contributed by atoms with Gasteiger partial charge in [-0.15, -0.1) is 23.5 Å². The van der Waals surface area contributed by atoms with E-state index < -0.39 is 68.9 Å². The van der Waals surface area contributed by atoms with Crippen LogP contribution < -0.4 is 26.4 Å². The van der Waals surface area contributed by atoms with E-state index in [1.54, 1.807) is 65.4 Å². The molecule has 0 saturated heterocycles. The van der Waals surface area contributed by atoms with Crippen molar-refractivity contribution >= 4 is 77.0 Å². The van der Waals surface area contributed by atoms with E-state index in [2.05, 4.69) is 16.0 Å². The van der Waals surface area contributed by atoms with Crippen molar-refractivity contribution in [3.05, 3.63) is 239 Å². The van der Waals surface area contributed by atoms with E-state index in [4.69, 9.17) is 24.7 Å². The van der Waals surface area contributed by atoms with E-state index in [9.17, 15) is 39.0 Å². The summed E-state index contributed by atoms with van der Waals surface area (Å²) in [4.78, 5) is 72.6. The second kappa shape index (κ2) is 33.5. The Morgan fingerprint density at radius 3 is 1.07 bits per heavy atom. The van der Waals surface area contributed by atoms with E-state index in [-0.39, 0.29) is 17.4 Å². The van der Waals surface area contributed by atoms with Crippen LogP contribution in [0, 0.1) is 0 Å². The van der Waals surface area contributed by atoms with Crippen LogP contribution in [0.5, 0.6) is 5.75 Å². The molecule has 0 aliphatic carbocycles. The number of hydrogen-bond donors (Lipinski definition) is 6. The average Bonchev–Trinajstić information content (AvgIpc) is 0.870. The van der Waals surface area contributed by atoms with Crippen molar-refractivity contribution in [1.29, 1.82) is 0 Å². The highest BCUT2D eigenvalue weighted by Crippen LogP contribution is 2.50. The predicted octanol–water partition coefficient (Wildman–Crippen LogP) is 12.7. The molecule has 19 heteroatoms. The second-order valence-corrected chi connectivity index (χ2v) is 25.0. The zero-order valence-corrected chi connectivity index (χ0v) is 52.8. The number of carbonyl (C=O) groups is 6. The summed E-state index contributed by atoms with van der Waals surface area (Å²) in [5.41, 5.74) is 11.2. The highest BCUT2D eigenvalue weighted by Gasteiger charge is 2.41. The number of hydrogen-bond acceptors (Lipinski definition) is 14. The van der Waals surface area contributed by atoms with Gasteiger partial charge in [-0.2, -0.15) is 11.8 Å². The number of alkyl carbamates (subject to hydrolysis) is 2. The molecule has 0 spiro atoms. The third-order valence-corrected chi connectivity index (χ3v) is 16.8. The first-order valence-electron chi connectivity index (χ1n) is 27.8. The fraction of sp³-hybridized carbons (Fsp3) is 0.294. The first kappa shape index (κ1) is 69.4. The number of carboxylic acids is 2. The van der Waals surface area contributed by atoms with Crippen LogP contribution in [0.4, 0.5) is 15.3 Å². The molecule has 16 nitrogen and oxygen atoms in total. The molecule has 0 aliphatic heterocycles. The number of nitrogen functional groups attached to an aromatic ring is 1. The topological polar surface area (TPSA) is 242 Å². The van der Waals surface area contributed by atoms with Gasteiger partial charge in [0.15, 0.2) is 0 Å². The van der Waals surface area contributed by atoms with E-state index in [0.717, 1.165) is 39.1 Å². The van der Waals surface area contributed by atoms with Crippen molar-refractivity contribution in [2.24, 2.45) is 0 Å². The van der Waals surface area contributed by atoms with Crippen LogP contribution in [0.15, 0.2) is 200 Å². The molecule has 0 heterocycles. The first-order valence-corrected chi connectivity index (χ1v) is 31.2. The maximum Gasteiger partial charge on any atom is 0.408 e. The Hall–Kier alpha value is -8.39. The number of carbonyl (C=O) groups excluding carboxylic acids is 4. The number of methoxy groups -OCH3 is 2. The number of carboxylic acid groups (broad SMARTS) is 2. The Morgan fingerprint density at radius 1 is 0.483 bits per heavy atom. The van der Waals surface area contributed by atoms with Crippen molar-refractivity contribution < 1.29 is 57.9 Å². The normalized spacial score (nSPS) is 12.3. The van der Waals surface area contributed by atoms with Crippen molar-refractivity contribution in [1.82, 2.24) is 16.0 Å². The van der Waals surface area contributed by atoms with Gasteiger partial charge in [0.1, 0.15) is 35.1 Å². The molecule has 0 aliphatic rings. The molecule has 0 saturated carbocycles. The predicted molar refractivity (Wildman–Crippen MR) is 349 cm³/mol. The molecule has 3 atom stereocenters. The van der Waals surface area contributed by atoms with Crippen LogP contribution >= 0.6 is 35.3 Å². The number of benzene rings is 7. The quantitative estimate of drug-likeness (QED) is 0.0151. The van der Waals surface area contributed by atoms with Gasteiger partial charge in [-0.1, -0.05) is 182 Å². The van der Waals surface area contributed by atoms with Gasteiger partial charge in [0.25, 0.3) is 5.91 Å². The van der Waals surface area contributed by atoms with Gasteiger partial charge in [0, 0.05) is 17.1 Å². The van der Waals surface area contributed by atoms with Crippen molar-refractivity contribution in [3.63, 3.8) is 0 Å². The minimum atomic E-state index is -1.12. The Labute approximate surface area is 523 Å². The van der Waals surface area contributed by atoms with Crippen LogP contribution in [0.25, 0.3) is 0 Å². The van der Waals surface area contributed by atoms with Crippen molar-refractivity contribution in [3.8, 4) is 5.75 Å². The van der Waals surface area contributed by atoms with Crippen LogP contribution in [0.3, 0.4) is 0 Å². The Bertz CT molecular complexity index is 2910. The van der Waals surface area contributed by atoms with Crippen molar-refractivity contribution in [2.75, 3.05) is 43.5 Å². The third kappa shape index (κ3) is 20.6. The first-order chi connectivity index (χ1) is 41.5. The molecule has 7 aromatic carbocycles. The van der Waals surface area contributed by atoms with Gasteiger partial charge in [-0.3, -0.25) is 4.79 Å². The van der Waals surface area contributed by atoms with Crippen LogP contribution in [-0.2, 0) is 38.1 Å². The highest BCUT2D eigenvalue weighted by molar-refractivity contribution is 8.01. The zero-order chi connectivity index (χ0) is 63.6. The summed E-state index contributed by atoms with van der Waals surface area (Å²) in [5.74, 6) is -1.63. The van der Waals surface area contributed by atoms with Gasteiger partial charge < -0.3 is 50.8 Å². The fourth-order valence-electron chi connectivity index (χ4n) is 8.92. The van der Waals surface area contributed by atoms with E-state index in [1.165, 1.54) is 43.8 Å². The van der Waals surface area contributed by atoms with E-state index >= 15 is 0 Å². The highest BCUT2D eigenvalue weighted by atomic mass is 32.2. The number of nitrogens with two attached hydrogens (primary N) is 1. The summed E-state index contributed by atoms with van der Waals surface area (Å²) in [6.07, 6.45) is 0.938. The lowest BCUT2D eigenvalue weighted by atomic mass is 9.84. The average molecular weight is 1240 g/mol. The number of thioether (sulfide) groups is 3. The Balaban J connectivity index is 0.000000245. The number of aliphatic carboxylic acids is 2. The Kier molecular flexibility index (Phi) is 26.7. The maximum absolute atomic E-state index is 12.3. The zero-order valence-electron chi connectivity index (χ0n) is 50.4. The molecule has 460 valence electrons. The van der Waals surface area contributed by atoms with Gasteiger partial charge in [0.05, 0.1) is 29.4 Å². The molecule has 7 rings (SSSR count). The van der Waals surface area contributed by atoms with Crippen molar-refractivity contribution in [2.45, 2.75) is 86.8 Å². The van der Waals surface area contributed by atoms with Crippen LogP contribution in [0.2, 0.25) is 0 Å². The lowest BCUT2D eigenvalue weighted by Crippen LogP contribution is -2.45. The summed E-state index contributed by atoms with van der Waals surface area (Å²) in [5, 5.41) is 27.4. The molecular weight excluding hydrogens is 1160 g/mol. The summed E-state index contributed by atoms with van der Waals surface area (Å²) in [6.45, 7) is 10.4. The monoisotopic (exact) mass is 1240 g/mol. The fourth-order valence-corrected chi connectivity index (χ4v) is 12.5. The summed E-state index contributed by atoms with van der Waals surface area (Å²) in [7, 11) is 2.77. The lowest BCUT2D eigenvalue weighted by Gasteiger charge is -2.36. The summed E-state index contributed by atoms with van der Waals surface area (Å²) in [6, 6.07) is 61.8. The number of anilines is 1. The SMILES string of the molecule is CC(C)(C)OC(=O)N[C@@H](CSC(c1ccccc1)(c1ccccc1)c1ccccc1)C(=O)O.CC(C)(C)OC(=O)N[C@@H](CSC(c1ccccc1)(c1ccccc1)c1ccccc1)C(=O)O.COC(=O)[C@H](CCSC)NC(=O)c1ccc(N)c(OC)c1. The number of nitrogens with one attached hydrogen (secondary N) is 3. The van der Waals surface area contributed by atoms with Gasteiger partial charge in [0.2, 0.25) is 0 Å². The molecule has 7 aromatic rings. The number of ether oxygens (including phenoxy) is 4. The third-order valence-electron chi connectivity index (χ3n) is 12.9. The molecule has 0 unspecified atom stereocenters. The molecule has 0 bridgehead atoms. The van der Waals surface area contributed by atoms with Gasteiger partial charge >= 0.3 is 30.1 Å². The molecule has 87 heavy (non-hydrogen) atoms. The number of rotatable bonds is 23. The maximum atomic E-state index is 12.3. The van der Waals surface area contributed by atoms with Gasteiger partial charge in [-0.05, 0) is 112 Å². The second-order valence-electron chi connectivity index (χ2n) is 21.5. The molecule has 0 fully saturated rings. The molecule has 3 amide bonds. The Morgan fingerprint density at radius 2 is 0.805 bits per heavy atom. The van der Waals surface area contributed by atoms with E-state index in [0.29, 0.717) is 23.4 Å². The minimum Gasteiger partial charge on any atom is -0.495 e. The summed E-state index contributed by atoms with van der Waals surface area (Å²) >= 11 is 4.54. The molecule has 0 aromatic heterocycles. The van der Waals surface area contributed by atoms with Crippen LogP contribution in [0.1, 0.15) is 91.7 Å². The number of amides is 3. The standard InChI is InChI=1S/2C27H29NO4S.C14H20N2O4S/c2*1-26(2,3)32-25(31)28-23(24(29)30)19-33-27(20-13-7-4-8-14-20,21-15-9-5-10-16-21)22-17-11-6-12-18-22;1-19-12-8-9(4-5-10(12)15)13(17)16-11(6-7-21-3)14(18)20-2/h2*4-18,23H,19H2,1-3H3,(H,28,31)(H,29,30);4-5,8,11H,6-7,15H2,1-3H3,(H,16,17)/t2*23-;11-/m000/s1. The minimum absolute atomic E-state index is 0.132.